The first-order valence-corrected chi connectivity index (χ1v) is 6.55. The van der Waals surface area contributed by atoms with E-state index in [4.69, 9.17) is 11.2 Å². The van der Waals surface area contributed by atoms with E-state index in [1.807, 2.05) is 6.92 Å². The predicted molar refractivity (Wildman–Crippen MR) is 77.4 cm³/mol. The van der Waals surface area contributed by atoms with E-state index in [-0.39, 0.29) is 19.0 Å². The average molecular weight is 314 g/mol. The van der Waals surface area contributed by atoms with Crippen LogP contribution in [0.5, 0.6) is 5.88 Å². The molecule has 1 heterocycles. The van der Waals surface area contributed by atoms with Crippen molar-refractivity contribution in [2.75, 3.05) is 19.7 Å². The molecule has 8 heteroatoms. The van der Waals surface area contributed by atoms with Crippen molar-refractivity contribution in [1.29, 1.82) is 0 Å². The second-order valence-corrected chi connectivity index (χ2v) is 4.12. The van der Waals surface area contributed by atoms with Crippen LogP contribution < -0.4 is 15.4 Å². The number of alkyl halides is 3. The summed E-state index contributed by atoms with van der Waals surface area (Å²) in [6.45, 7) is 1.52. The number of nitrogens with zero attached hydrogens (tertiary/aromatic N) is 2. The molecule has 1 aromatic heterocycles. The Hall–Kier alpha value is -2.43. The van der Waals surface area contributed by atoms with Crippen molar-refractivity contribution < 1.29 is 17.9 Å². The second kappa shape index (κ2) is 8.77. The fourth-order valence-corrected chi connectivity index (χ4v) is 1.47. The molecule has 0 atom stereocenters. The zero-order valence-corrected chi connectivity index (χ0v) is 12.1. The summed E-state index contributed by atoms with van der Waals surface area (Å²) in [7, 11) is 0. The molecule has 0 aliphatic heterocycles. The Morgan fingerprint density at radius 3 is 2.86 bits per heavy atom. The first-order chi connectivity index (χ1) is 10.5. The van der Waals surface area contributed by atoms with Gasteiger partial charge in [0.1, 0.15) is 0 Å². The molecule has 0 bridgehead atoms. The normalized spacial score (nSPS) is 11.7. The number of hydrogen-bond donors (Lipinski definition) is 2. The minimum atomic E-state index is -4.42. The zero-order chi connectivity index (χ0) is 16.4. The molecular weight excluding hydrogens is 297 g/mol. The highest BCUT2D eigenvalue weighted by Gasteiger charge is 2.29. The van der Waals surface area contributed by atoms with Crippen LogP contribution in [0.1, 0.15) is 12.5 Å². The molecule has 0 aromatic carbocycles. The third-order valence-electron chi connectivity index (χ3n) is 2.33. The van der Waals surface area contributed by atoms with Crippen LogP contribution >= 0.6 is 0 Å². The smallest absolute Gasteiger partial charge is 0.422 e. The van der Waals surface area contributed by atoms with Gasteiger partial charge in [-0.15, -0.1) is 6.42 Å². The van der Waals surface area contributed by atoms with Crippen LogP contribution in [0, 0.1) is 12.3 Å². The maximum Gasteiger partial charge on any atom is 0.422 e. The molecule has 0 aliphatic rings. The number of halogens is 3. The van der Waals surface area contributed by atoms with Gasteiger partial charge in [0.15, 0.2) is 12.6 Å². The van der Waals surface area contributed by atoms with E-state index in [0.29, 0.717) is 18.1 Å². The lowest BCUT2D eigenvalue weighted by atomic mass is 10.3. The lowest BCUT2D eigenvalue weighted by Crippen LogP contribution is -2.37. The van der Waals surface area contributed by atoms with Gasteiger partial charge in [0.05, 0.1) is 13.1 Å². The van der Waals surface area contributed by atoms with Crippen LogP contribution in [0.3, 0.4) is 0 Å². The Morgan fingerprint density at radius 2 is 2.23 bits per heavy atom. The van der Waals surface area contributed by atoms with Gasteiger partial charge in [-0.3, -0.25) is 0 Å². The molecule has 0 fully saturated rings. The highest BCUT2D eigenvalue weighted by atomic mass is 19.4. The maximum absolute atomic E-state index is 12.2. The Labute approximate surface area is 127 Å². The van der Waals surface area contributed by atoms with Crippen molar-refractivity contribution in [1.82, 2.24) is 15.6 Å². The lowest BCUT2D eigenvalue weighted by Gasteiger charge is -2.12. The zero-order valence-electron chi connectivity index (χ0n) is 12.1. The van der Waals surface area contributed by atoms with E-state index in [2.05, 4.69) is 26.5 Å². The molecule has 0 spiro atoms. The quantitative estimate of drug-likeness (QED) is 0.477. The standard InChI is InChI=1S/C14H17F3N4O/c1-3-7-20-13(18-4-2)21-9-11-6-5-8-19-12(11)22-10-14(15,16)17/h1,5-6,8H,4,7,9-10H2,2H3,(H2,18,20,21). The summed E-state index contributed by atoms with van der Waals surface area (Å²) in [5.74, 6) is 2.79. The van der Waals surface area contributed by atoms with E-state index >= 15 is 0 Å². The first-order valence-electron chi connectivity index (χ1n) is 6.55. The van der Waals surface area contributed by atoms with Gasteiger partial charge in [-0.2, -0.15) is 13.2 Å². The van der Waals surface area contributed by atoms with Gasteiger partial charge < -0.3 is 15.4 Å². The van der Waals surface area contributed by atoms with Gasteiger partial charge in [0.2, 0.25) is 5.88 Å². The largest absolute Gasteiger partial charge is 0.468 e. The van der Waals surface area contributed by atoms with Crippen LogP contribution in [0.25, 0.3) is 0 Å². The van der Waals surface area contributed by atoms with Crippen LogP contribution in [0.2, 0.25) is 0 Å². The Bertz CT molecular complexity index is 538. The number of aromatic nitrogens is 1. The highest BCUT2D eigenvalue weighted by Crippen LogP contribution is 2.20. The van der Waals surface area contributed by atoms with Gasteiger partial charge in [-0.1, -0.05) is 12.0 Å². The molecule has 1 rings (SSSR count). The summed E-state index contributed by atoms with van der Waals surface area (Å²) in [5.41, 5.74) is 0.449. The number of guanidine groups is 1. The van der Waals surface area contributed by atoms with Crippen molar-refractivity contribution in [2.24, 2.45) is 4.99 Å². The molecule has 0 unspecified atom stereocenters. The van der Waals surface area contributed by atoms with Crippen LogP contribution in [0.4, 0.5) is 13.2 Å². The lowest BCUT2D eigenvalue weighted by molar-refractivity contribution is -0.154. The minimum absolute atomic E-state index is 0.0867. The second-order valence-electron chi connectivity index (χ2n) is 4.12. The molecule has 2 N–H and O–H groups in total. The predicted octanol–water partition coefficient (Wildman–Crippen LogP) is 1.71. The molecule has 0 aliphatic carbocycles. The summed E-state index contributed by atoms with van der Waals surface area (Å²) >= 11 is 0. The summed E-state index contributed by atoms with van der Waals surface area (Å²) < 4.78 is 41.3. The fourth-order valence-electron chi connectivity index (χ4n) is 1.47. The van der Waals surface area contributed by atoms with E-state index < -0.39 is 12.8 Å². The van der Waals surface area contributed by atoms with E-state index in [1.54, 1.807) is 12.1 Å². The number of ether oxygens (including phenoxy) is 1. The highest BCUT2D eigenvalue weighted by molar-refractivity contribution is 5.80. The maximum atomic E-state index is 12.2. The molecular formula is C14H17F3N4O. The SMILES string of the molecule is C#CCNC(=NCc1cccnc1OCC(F)(F)F)NCC. The van der Waals surface area contributed by atoms with E-state index in [1.165, 1.54) is 6.20 Å². The molecule has 0 saturated carbocycles. The molecule has 5 nitrogen and oxygen atoms in total. The summed E-state index contributed by atoms with van der Waals surface area (Å²) in [4.78, 5) is 8.03. The van der Waals surface area contributed by atoms with Crippen LogP contribution in [-0.4, -0.2) is 36.8 Å². The number of aliphatic imine (C=N–C) groups is 1. The van der Waals surface area contributed by atoms with Crippen molar-refractivity contribution in [3.05, 3.63) is 23.9 Å². The fraction of sp³-hybridized carbons (Fsp3) is 0.429. The third kappa shape index (κ3) is 6.83. The first kappa shape index (κ1) is 17.6. The molecule has 0 amide bonds. The number of nitrogens with one attached hydrogen (secondary N) is 2. The van der Waals surface area contributed by atoms with Crippen LogP contribution in [-0.2, 0) is 6.54 Å². The topological polar surface area (TPSA) is 58.5 Å². The Balaban J connectivity index is 2.77. The molecule has 120 valence electrons. The number of pyridine rings is 1. The third-order valence-corrected chi connectivity index (χ3v) is 2.33. The van der Waals surface area contributed by atoms with Crippen LogP contribution in [0.15, 0.2) is 23.3 Å². The monoisotopic (exact) mass is 314 g/mol. The summed E-state index contributed by atoms with van der Waals surface area (Å²) in [6, 6.07) is 3.21. The van der Waals surface area contributed by atoms with E-state index in [0.717, 1.165) is 0 Å². The van der Waals surface area contributed by atoms with Crippen molar-refractivity contribution in [3.63, 3.8) is 0 Å². The number of rotatable bonds is 6. The van der Waals surface area contributed by atoms with Crippen molar-refractivity contribution in [3.8, 4) is 18.2 Å². The van der Waals surface area contributed by atoms with Crippen molar-refractivity contribution in [2.45, 2.75) is 19.6 Å². The van der Waals surface area contributed by atoms with Gasteiger partial charge in [0.25, 0.3) is 0 Å². The Morgan fingerprint density at radius 1 is 1.45 bits per heavy atom. The minimum Gasteiger partial charge on any atom is -0.468 e. The summed E-state index contributed by atoms with van der Waals surface area (Å²) in [5, 5.41) is 5.84. The number of terminal acetylenes is 1. The molecule has 1 aromatic rings. The van der Waals surface area contributed by atoms with Gasteiger partial charge in [-0.05, 0) is 13.0 Å². The molecule has 0 radical (unpaired) electrons. The average Bonchev–Trinajstić information content (AvgIpc) is 2.48. The van der Waals surface area contributed by atoms with Crippen molar-refractivity contribution >= 4 is 5.96 Å². The number of hydrogen-bond acceptors (Lipinski definition) is 3. The van der Waals surface area contributed by atoms with Gasteiger partial charge in [0, 0.05) is 18.3 Å². The van der Waals surface area contributed by atoms with Gasteiger partial charge in [-0.25, -0.2) is 9.98 Å². The Kier molecular flexibility index (Phi) is 7.02. The summed E-state index contributed by atoms with van der Waals surface area (Å²) in [6.07, 6.45) is 2.10. The molecule has 0 saturated heterocycles. The van der Waals surface area contributed by atoms with Gasteiger partial charge >= 0.3 is 6.18 Å². The van der Waals surface area contributed by atoms with E-state index in [9.17, 15) is 13.2 Å². The molecule has 22 heavy (non-hydrogen) atoms.